The van der Waals surface area contributed by atoms with Crippen molar-refractivity contribution in [3.05, 3.63) is 0 Å². The van der Waals surface area contributed by atoms with Crippen molar-refractivity contribution in [1.82, 2.24) is 0 Å². The minimum atomic E-state index is -0.858. The number of carbonyl (C=O) groups excluding carboxylic acids is 4. The van der Waals surface area contributed by atoms with Crippen LogP contribution in [0, 0.1) is 0 Å². The van der Waals surface area contributed by atoms with E-state index in [9.17, 15) is 19.2 Å². The van der Waals surface area contributed by atoms with Gasteiger partial charge in [-0.2, -0.15) is 0 Å². The Morgan fingerprint density at radius 1 is 0.700 bits per heavy atom. The third-order valence-corrected chi connectivity index (χ3v) is 4.34. The van der Waals surface area contributed by atoms with Crippen molar-refractivity contribution in [3.63, 3.8) is 0 Å². The maximum Gasteiger partial charge on any atom is 0.306 e. The molecular weight excluding hydrogens is 392 g/mol. The van der Waals surface area contributed by atoms with E-state index in [0.717, 1.165) is 51.4 Å². The van der Waals surface area contributed by atoms with Crippen molar-refractivity contribution in [2.24, 2.45) is 0 Å². The Morgan fingerprint density at radius 3 is 1.67 bits per heavy atom. The lowest BCUT2D eigenvalue weighted by Gasteiger charge is -2.18. The van der Waals surface area contributed by atoms with E-state index in [2.05, 4.69) is 18.6 Å². The van der Waals surface area contributed by atoms with E-state index in [1.807, 2.05) is 0 Å². The Hall–Kier alpha value is -2.12. The van der Waals surface area contributed by atoms with E-state index < -0.39 is 12.1 Å². The van der Waals surface area contributed by atoms with E-state index >= 15 is 0 Å². The lowest BCUT2D eigenvalue weighted by atomic mass is 10.1. The molecule has 0 fully saturated rings. The highest BCUT2D eigenvalue weighted by Gasteiger charge is 2.19. The molecule has 0 rings (SSSR count). The first kappa shape index (κ1) is 27.9. The molecule has 0 unspecified atom stereocenters. The maximum absolute atomic E-state index is 11.9. The SMILES string of the molecule is CCCCCCC(=O)OCC(COC(=O)CCCCCC)OC(=O)CCCOC=O. The second kappa shape index (κ2) is 20.2. The first-order valence-electron chi connectivity index (χ1n) is 11.1. The number of unbranched alkanes of at least 4 members (excludes halogenated alkanes) is 6. The topological polar surface area (TPSA) is 105 Å². The molecule has 0 N–H and O–H groups in total. The van der Waals surface area contributed by atoms with Crippen LogP contribution in [0.1, 0.15) is 90.9 Å². The molecule has 0 aromatic heterocycles. The smallest absolute Gasteiger partial charge is 0.306 e. The zero-order valence-electron chi connectivity index (χ0n) is 18.5. The summed E-state index contributed by atoms with van der Waals surface area (Å²) >= 11 is 0. The van der Waals surface area contributed by atoms with E-state index in [0.29, 0.717) is 25.7 Å². The molecule has 174 valence electrons. The summed E-state index contributed by atoms with van der Waals surface area (Å²) in [6.07, 6.45) is 7.82. The highest BCUT2D eigenvalue weighted by molar-refractivity contribution is 5.71. The highest BCUT2D eigenvalue weighted by Crippen LogP contribution is 2.07. The summed E-state index contributed by atoms with van der Waals surface area (Å²) in [4.78, 5) is 45.8. The molecule has 0 aliphatic heterocycles. The van der Waals surface area contributed by atoms with E-state index in [1.165, 1.54) is 0 Å². The fourth-order valence-corrected chi connectivity index (χ4v) is 2.62. The number of esters is 3. The molecule has 0 aromatic rings. The van der Waals surface area contributed by atoms with Gasteiger partial charge in [-0.25, -0.2) is 0 Å². The fourth-order valence-electron chi connectivity index (χ4n) is 2.62. The number of ether oxygens (including phenoxy) is 4. The van der Waals surface area contributed by atoms with E-state index in [-0.39, 0.29) is 38.2 Å². The predicted molar refractivity (Wildman–Crippen MR) is 111 cm³/mol. The summed E-state index contributed by atoms with van der Waals surface area (Å²) in [6, 6.07) is 0. The number of rotatable bonds is 20. The number of hydrogen-bond acceptors (Lipinski definition) is 8. The van der Waals surface area contributed by atoms with Crippen molar-refractivity contribution in [1.29, 1.82) is 0 Å². The molecule has 0 spiro atoms. The molecule has 8 heteroatoms. The van der Waals surface area contributed by atoms with Gasteiger partial charge in [0.15, 0.2) is 6.10 Å². The Kier molecular flexibility index (Phi) is 18.7. The Labute approximate surface area is 180 Å². The van der Waals surface area contributed by atoms with Gasteiger partial charge in [0.2, 0.25) is 0 Å². The van der Waals surface area contributed by atoms with Gasteiger partial charge < -0.3 is 18.9 Å². The van der Waals surface area contributed by atoms with Gasteiger partial charge in [-0.15, -0.1) is 0 Å². The van der Waals surface area contributed by atoms with Gasteiger partial charge in [0, 0.05) is 19.3 Å². The van der Waals surface area contributed by atoms with Crippen molar-refractivity contribution in [3.8, 4) is 0 Å². The van der Waals surface area contributed by atoms with Gasteiger partial charge in [0.1, 0.15) is 13.2 Å². The van der Waals surface area contributed by atoms with Crippen LogP contribution in [0.3, 0.4) is 0 Å². The summed E-state index contributed by atoms with van der Waals surface area (Å²) in [6.45, 7) is 4.29. The van der Waals surface area contributed by atoms with Gasteiger partial charge in [-0.05, 0) is 19.3 Å². The quantitative estimate of drug-likeness (QED) is 0.124. The third kappa shape index (κ3) is 17.9. The van der Waals surface area contributed by atoms with Crippen LogP contribution in [0.5, 0.6) is 0 Å². The van der Waals surface area contributed by atoms with Crippen LogP contribution in [0.2, 0.25) is 0 Å². The molecule has 0 aliphatic rings. The standard InChI is InChI=1S/C22H38O8/c1-3-5-7-9-12-20(24)28-16-19(30-22(26)14-11-15-27-18-23)17-29-21(25)13-10-8-6-4-2/h18-19H,3-17H2,1-2H3. The molecule has 0 aromatic carbocycles. The molecule has 30 heavy (non-hydrogen) atoms. The van der Waals surface area contributed by atoms with Crippen LogP contribution in [0.4, 0.5) is 0 Å². The van der Waals surface area contributed by atoms with E-state index in [1.54, 1.807) is 0 Å². The number of carbonyl (C=O) groups is 4. The number of hydrogen-bond donors (Lipinski definition) is 0. The Balaban J connectivity index is 4.38. The van der Waals surface area contributed by atoms with Crippen LogP contribution in [0.25, 0.3) is 0 Å². The fraction of sp³-hybridized carbons (Fsp3) is 0.818. The van der Waals surface area contributed by atoms with Crippen molar-refractivity contribution >= 4 is 24.4 Å². The zero-order valence-corrected chi connectivity index (χ0v) is 18.5. The largest absolute Gasteiger partial charge is 0.468 e. The lowest BCUT2D eigenvalue weighted by Crippen LogP contribution is -2.31. The van der Waals surface area contributed by atoms with Gasteiger partial charge in [0.25, 0.3) is 6.47 Å². The molecule has 0 radical (unpaired) electrons. The van der Waals surface area contributed by atoms with Gasteiger partial charge in [-0.3, -0.25) is 19.2 Å². The van der Waals surface area contributed by atoms with Crippen molar-refractivity contribution in [2.75, 3.05) is 19.8 Å². The molecular formula is C22H38O8. The van der Waals surface area contributed by atoms with Crippen molar-refractivity contribution < 1.29 is 38.1 Å². The zero-order chi connectivity index (χ0) is 22.5. The monoisotopic (exact) mass is 430 g/mol. The van der Waals surface area contributed by atoms with Crippen LogP contribution in [0.15, 0.2) is 0 Å². The molecule has 0 saturated carbocycles. The average molecular weight is 431 g/mol. The Morgan fingerprint density at radius 2 is 1.20 bits per heavy atom. The maximum atomic E-state index is 11.9. The van der Waals surface area contributed by atoms with Gasteiger partial charge in [0.05, 0.1) is 6.61 Å². The van der Waals surface area contributed by atoms with E-state index in [4.69, 9.17) is 14.2 Å². The normalized spacial score (nSPS) is 10.5. The molecule has 0 bridgehead atoms. The van der Waals surface area contributed by atoms with Crippen LogP contribution in [-0.2, 0) is 38.1 Å². The van der Waals surface area contributed by atoms with Crippen LogP contribution < -0.4 is 0 Å². The molecule has 8 nitrogen and oxygen atoms in total. The van der Waals surface area contributed by atoms with Crippen LogP contribution in [-0.4, -0.2) is 50.3 Å². The Bertz CT molecular complexity index is 450. The highest BCUT2D eigenvalue weighted by atomic mass is 16.6. The second-order valence-electron chi connectivity index (χ2n) is 7.17. The molecule has 0 amide bonds. The molecule has 0 heterocycles. The minimum Gasteiger partial charge on any atom is -0.468 e. The second-order valence-corrected chi connectivity index (χ2v) is 7.17. The predicted octanol–water partition coefficient (Wildman–Crippen LogP) is 3.88. The summed E-state index contributed by atoms with van der Waals surface area (Å²) in [7, 11) is 0. The average Bonchev–Trinajstić information content (AvgIpc) is 2.73. The summed E-state index contributed by atoms with van der Waals surface area (Å²) in [5.41, 5.74) is 0. The molecule has 0 saturated heterocycles. The van der Waals surface area contributed by atoms with Crippen LogP contribution >= 0.6 is 0 Å². The molecule has 0 atom stereocenters. The summed E-state index contributed by atoms with van der Waals surface area (Å²) < 4.78 is 20.2. The third-order valence-electron chi connectivity index (χ3n) is 4.34. The van der Waals surface area contributed by atoms with Gasteiger partial charge >= 0.3 is 17.9 Å². The van der Waals surface area contributed by atoms with Crippen molar-refractivity contribution in [2.45, 2.75) is 97.0 Å². The van der Waals surface area contributed by atoms with Gasteiger partial charge in [-0.1, -0.05) is 52.4 Å². The molecule has 0 aliphatic carbocycles. The summed E-state index contributed by atoms with van der Waals surface area (Å²) in [5.74, 6) is -1.26. The summed E-state index contributed by atoms with van der Waals surface area (Å²) in [5, 5.41) is 0. The first-order valence-corrected chi connectivity index (χ1v) is 11.1. The first-order chi connectivity index (χ1) is 14.5. The lowest BCUT2D eigenvalue weighted by molar-refractivity contribution is -0.167. The minimum absolute atomic E-state index is 0.0419.